The van der Waals surface area contributed by atoms with E-state index in [0.717, 1.165) is 6.92 Å². The molecule has 0 radical (unpaired) electrons. The maximum absolute atomic E-state index is 11.1. The molecule has 7 N–H and O–H groups in total. The van der Waals surface area contributed by atoms with Gasteiger partial charge < -0.3 is 40.7 Å². The molecule has 10 heteroatoms. The molecule has 120 valence electrons. The summed E-state index contributed by atoms with van der Waals surface area (Å²) in [7, 11) is 0. The highest BCUT2D eigenvalue weighted by Crippen LogP contribution is 2.31. The molecule has 0 aromatic carbocycles. The summed E-state index contributed by atoms with van der Waals surface area (Å²) in [5.41, 5.74) is -0.395. The van der Waals surface area contributed by atoms with E-state index in [0.29, 0.717) is 0 Å². The van der Waals surface area contributed by atoms with Gasteiger partial charge in [-0.05, 0) is 0 Å². The Balaban J connectivity index is 3.21. The van der Waals surface area contributed by atoms with E-state index in [4.69, 9.17) is 14.9 Å². The topological polar surface area (TPSA) is 177 Å². The van der Waals surface area contributed by atoms with E-state index in [2.05, 4.69) is 5.32 Å². The predicted octanol–water partition coefficient (Wildman–Crippen LogP) is -2.83. The van der Waals surface area contributed by atoms with Crippen molar-refractivity contribution in [2.75, 3.05) is 6.61 Å². The lowest BCUT2D eigenvalue weighted by atomic mass is 9.97. The molecule has 0 aliphatic carbocycles. The molecule has 0 saturated heterocycles. The van der Waals surface area contributed by atoms with Gasteiger partial charge in [0.15, 0.2) is 0 Å². The molecule has 1 aliphatic heterocycles. The Morgan fingerprint density at radius 2 is 2.05 bits per heavy atom. The maximum Gasteiger partial charge on any atom is 0.364 e. The van der Waals surface area contributed by atoms with Gasteiger partial charge in [-0.15, -0.1) is 0 Å². The summed E-state index contributed by atoms with van der Waals surface area (Å²) < 4.78 is 4.81. The van der Waals surface area contributed by atoms with E-state index in [1.165, 1.54) is 0 Å². The third-order valence-electron chi connectivity index (χ3n) is 2.86. The fraction of sp³-hybridized carbons (Fsp3) is 0.636. The number of hydrogen-bond donors (Lipinski definition) is 7. The van der Waals surface area contributed by atoms with Gasteiger partial charge in [0.1, 0.15) is 24.1 Å². The van der Waals surface area contributed by atoms with E-state index in [1.807, 2.05) is 0 Å². The SMILES string of the molecule is CC(=O)NC1=C(O)C[C@@](O)(C(=O)O)O[C@H]1[C@@H](O)[C@H](O)CO. The van der Waals surface area contributed by atoms with Crippen LogP contribution in [0.1, 0.15) is 13.3 Å². The van der Waals surface area contributed by atoms with Gasteiger partial charge in [0, 0.05) is 6.92 Å². The molecule has 1 amide bonds. The summed E-state index contributed by atoms with van der Waals surface area (Å²) in [5.74, 6) is -6.05. The van der Waals surface area contributed by atoms with Crippen molar-refractivity contribution >= 4 is 11.9 Å². The molecule has 1 rings (SSSR count). The summed E-state index contributed by atoms with van der Waals surface area (Å²) in [6, 6.07) is 0. The molecule has 1 heterocycles. The van der Waals surface area contributed by atoms with Crippen molar-refractivity contribution in [1.29, 1.82) is 0 Å². The smallest absolute Gasteiger partial charge is 0.364 e. The summed E-state index contributed by atoms with van der Waals surface area (Å²) in [4.78, 5) is 22.0. The van der Waals surface area contributed by atoms with Crippen LogP contribution < -0.4 is 5.32 Å². The number of aliphatic carboxylic acids is 1. The van der Waals surface area contributed by atoms with Crippen molar-refractivity contribution in [2.24, 2.45) is 0 Å². The number of aliphatic hydroxyl groups is 5. The molecule has 21 heavy (non-hydrogen) atoms. The largest absolute Gasteiger partial charge is 0.510 e. The third-order valence-corrected chi connectivity index (χ3v) is 2.86. The average Bonchev–Trinajstić information content (AvgIpc) is 2.39. The summed E-state index contributed by atoms with van der Waals surface area (Å²) >= 11 is 0. The molecule has 0 fully saturated rings. The van der Waals surface area contributed by atoms with Crippen molar-refractivity contribution in [3.63, 3.8) is 0 Å². The lowest BCUT2D eigenvalue weighted by Gasteiger charge is -2.38. The molecule has 10 nitrogen and oxygen atoms in total. The molecule has 4 atom stereocenters. The molecular weight excluding hydrogens is 290 g/mol. The van der Waals surface area contributed by atoms with Crippen LogP contribution in [-0.2, 0) is 14.3 Å². The Kier molecular flexibility index (Phi) is 5.25. The Morgan fingerprint density at radius 3 is 2.48 bits per heavy atom. The number of carbonyl (C=O) groups is 2. The van der Waals surface area contributed by atoms with Gasteiger partial charge in [-0.3, -0.25) is 4.79 Å². The van der Waals surface area contributed by atoms with Crippen molar-refractivity contribution in [3.05, 3.63) is 11.5 Å². The monoisotopic (exact) mass is 307 g/mol. The van der Waals surface area contributed by atoms with Crippen molar-refractivity contribution in [3.8, 4) is 0 Å². The number of ether oxygens (including phenoxy) is 1. The molecule has 0 bridgehead atoms. The van der Waals surface area contributed by atoms with Crippen LogP contribution in [0.4, 0.5) is 0 Å². The van der Waals surface area contributed by atoms with Gasteiger partial charge in [-0.2, -0.15) is 0 Å². The van der Waals surface area contributed by atoms with Crippen LogP contribution in [0.2, 0.25) is 0 Å². The number of hydrogen-bond acceptors (Lipinski definition) is 8. The van der Waals surface area contributed by atoms with Gasteiger partial charge in [-0.25, -0.2) is 4.79 Å². The lowest BCUT2D eigenvalue weighted by molar-refractivity contribution is -0.259. The number of carboxylic acid groups (broad SMARTS) is 1. The zero-order valence-corrected chi connectivity index (χ0v) is 11.1. The fourth-order valence-corrected chi connectivity index (χ4v) is 1.81. The van der Waals surface area contributed by atoms with E-state index in [1.54, 1.807) is 0 Å². The van der Waals surface area contributed by atoms with Gasteiger partial charge in [-0.1, -0.05) is 0 Å². The molecule has 0 spiro atoms. The highest BCUT2D eigenvalue weighted by atomic mass is 16.7. The minimum Gasteiger partial charge on any atom is -0.510 e. The quantitative estimate of drug-likeness (QED) is 0.282. The van der Waals surface area contributed by atoms with Crippen LogP contribution in [0.5, 0.6) is 0 Å². The minimum atomic E-state index is -2.84. The molecule has 0 unspecified atom stereocenters. The van der Waals surface area contributed by atoms with Gasteiger partial charge in [0.25, 0.3) is 5.79 Å². The first-order chi connectivity index (χ1) is 9.62. The number of aliphatic hydroxyl groups excluding tert-OH is 4. The van der Waals surface area contributed by atoms with Crippen LogP contribution in [0.25, 0.3) is 0 Å². The second-order valence-corrected chi connectivity index (χ2v) is 4.59. The maximum atomic E-state index is 11.1. The summed E-state index contributed by atoms with van der Waals surface area (Å²) in [6.45, 7) is 0.199. The summed E-state index contributed by atoms with van der Waals surface area (Å²) in [5, 5.41) is 58.6. The predicted molar refractivity (Wildman–Crippen MR) is 64.6 cm³/mol. The molecular formula is C11H17NO9. The standard InChI is InChI=1S/C11H17NO9/c1-4(14)12-7-5(15)2-11(20,10(18)19)21-9(7)8(17)6(16)3-13/h6,8-9,13,15-17,20H,2-3H2,1H3,(H,12,14)(H,18,19)/t6-,8+,9-,11+/m1/s1. The zero-order valence-electron chi connectivity index (χ0n) is 11.1. The second kappa shape index (κ2) is 6.37. The second-order valence-electron chi connectivity index (χ2n) is 4.59. The fourth-order valence-electron chi connectivity index (χ4n) is 1.81. The van der Waals surface area contributed by atoms with Gasteiger partial charge in [0.2, 0.25) is 5.91 Å². The van der Waals surface area contributed by atoms with Crippen LogP contribution in [0.15, 0.2) is 11.5 Å². The number of nitrogens with one attached hydrogen (secondary N) is 1. The highest BCUT2D eigenvalue weighted by Gasteiger charge is 2.49. The van der Waals surface area contributed by atoms with Crippen LogP contribution in [0.3, 0.4) is 0 Å². The Hall–Kier alpha value is -1.72. The Morgan fingerprint density at radius 1 is 1.48 bits per heavy atom. The summed E-state index contributed by atoms with van der Waals surface area (Å²) in [6.07, 6.45) is -6.27. The lowest BCUT2D eigenvalue weighted by Crippen LogP contribution is -2.56. The number of carboxylic acids is 1. The minimum absolute atomic E-state index is 0.395. The van der Waals surface area contributed by atoms with Crippen molar-refractivity contribution in [1.82, 2.24) is 5.32 Å². The molecule has 1 aliphatic rings. The average molecular weight is 307 g/mol. The van der Waals surface area contributed by atoms with Crippen LogP contribution >= 0.6 is 0 Å². The highest BCUT2D eigenvalue weighted by molar-refractivity contribution is 5.77. The number of amides is 1. The normalized spacial score (nSPS) is 28.9. The Labute approximate surface area is 118 Å². The van der Waals surface area contributed by atoms with E-state index < -0.39 is 60.5 Å². The van der Waals surface area contributed by atoms with Crippen molar-refractivity contribution in [2.45, 2.75) is 37.4 Å². The first-order valence-corrected chi connectivity index (χ1v) is 5.92. The third kappa shape index (κ3) is 3.68. The number of rotatable bonds is 5. The van der Waals surface area contributed by atoms with Crippen LogP contribution in [0, 0.1) is 0 Å². The van der Waals surface area contributed by atoms with E-state index >= 15 is 0 Å². The van der Waals surface area contributed by atoms with Gasteiger partial charge in [0.05, 0.1) is 18.7 Å². The first-order valence-electron chi connectivity index (χ1n) is 5.92. The van der Waals surface area contributed by atoms with Gasteiger partial charge >= 0.3 is 5.97 Å². The zero-order chi connectivity index (χ0) is 16.4. The van der Waals surface area contributed by atoms with Crippen LogP contribution in [-0.4, -0.2) is 73.2 Å². The first kappa shape index (κ1) is 17.3. The Bertz CT molecular complexity index is 463. The van der Waals surface area contributed by atoms with Crippen molar-refractivity contribution < 1.29 is 45.0 Å². The number of carbonyl (C=O) groups excluding carboxylic acids is 1. The van der Waals surface area contributed by atoms with E-state index in [-0.39, 0.29) is 0 Å². The molecule has 0 aromatic heterocycles. The molecule has 0 aromatic rings. The molecule has 0 saturated carbocycles. The van der Waals surface area contributed by atoms with E-state index in [9.17, 15) is 30.0 Å².